The number of quaternary nitrogens is 1. The Labute approximate surface area is 180 Å². The number of hydrogen-bond acceptors (Lipinski definition) is 5. The van der Waals surface area contributed by atoms with E-state index in [2.05, 4.69) is 34.6 Å². The van der Waals surface area contributed by atoms with Gasteiger partial charge in [0.25, 0.3) is 5.91 Å². The smallest absolute Gasteiger partial charge is 0.257 e. The number of carbonyl (C=O) groups is 1. The van der Waals surface area contributed by atoms with E-state index in [1.807, 2.05) is 13.0 Å². The van der Waals surface area contributed by atoms with E-state index >= 15 is 0 Å². The summed E-state index contributed by atoms with van der Waals surface area (Å²) in [4.78, 5) is 20.3. The molecular weight excluding hydrogens is 398 g/mol. The summed E-state index contributed by atoms with van der Waals surface area (Å²) in [6.45, 7) is 4.88. The van der Waals surface area contributed by atoms with Crippen molar-refractivity contribution >= 4 is 22.4 Å². The molecule has 1 amide bonds. The van der Waals surface area contributed by atoms with Crippen molar-refractivity contribution in [2.45, 2.75) is 26.4 Å². The number of carbonyl (C=O) groups excluding carboxylic acids is 1. The summed E-state index contributed by atoms with van der Waals surface area (Å²) in [7, 11) is 3.17. The van der Waals surface area contributed by atoms with Gasteiger partial charge in [-0.2, -0.15) is 0 Å². The van der Waals surface area contributed by atoms with Crippen LogP contribution in [0.3, 0.4) is 0 Å². The molecule has 4 rings (SSSR count). The zero-order valence-electron chi connectivity index (χ0n) is 17.5. The molecule has 30 heavy (non-hydrogen) atoms. The van der Waals surface area contributed by atoms with Crippen molar-refractivity contribution < 1.29 is 19.2 Å². The first-order valence-electron chi connectivity index (χ1n) is 9.97. The van der Waals surface area contributed by atoms with Gasteiger partial charge >= 0.3 is 0 Å². The topological polar surface area (TPSA) is 64.9 Å². The molecule has 0 saturated heterocycles. The molecular formula is C23H26N3O3S+. The Morgan fingerprint density at radius 2 is 1.87 bits per heavy atom. The second-order valence-electron chi connectivity index (χ2n) is 7.44. The second kappa shape index (κ2) is 8.85. The lowest BCUT2D eigenvalue weighted by atomic mass is 10.1. The molecule has 0 saturated carbocycles. The van der Waals surface area contributed by atoms with Crippen LogP contribution in [-0.2, 0) is 19.5 Å². The van der Waals surface area contributed by atoms with Gasteiger partial charge in [-0.15, -0.1) is 0 Å². The summed E-state index contributed by atoms with van der Waals surface area (Å²) in [6, 6.07) is 14.0. The van der Waals surface area contributed by atoms with E-state index in [0.29, 0.717) is 22.2 Å². The Kier molecular flexibility index (Phi) is 6.01. The van der Waals surface area contributed by atoms with Crippen LogP contribution in [-0.4, -0.2) is 31.7 Å². The van der Waals surface area contributed by atoms with Gasteiger partial charge in [-0.25, -0.2) is 4.98 Å². The Hall–Kier alpha value is -2.90. The molecule has 7 heteroatoms. The van der Waals surface area contributed by atoms with Gasteiger partial charge in [-0.05, 0) is 19.1 Å². The summed E-state index contributed by atoms with van der Waals surface area (Å²) in [5, 5.41) is 3.59. The van der Waals surface area contributed by atoms with Crippen molar-refractivity contribution in [3.63, 3.8) is 0 Å². The minimum atomic E-state index is -0.216. The molecule has 0 bridgehead atoms. The molecule has 2 heterocycles. The molecule has 0 fully saturated rings. The SMILES string of the molecule is COc1cc(C(=O)Nc2nc3c(s2)C[NH+](Cc2ccccc2)CC3)cc(OC)c1C. The molecule has 0 spiro atoms. The van der Waals surface area contributed by atoms with Gasteiger partial charge in [0.15, 0.2) is 5.13 Å². The number of methoxy groups -OCH3 is 2. The molecule has 0 radical (unpaired) electrons. The first-order chi connectivity index (χ1) is 14.6. The number of nitrogens with zero attached hydrogens (tertiary/aromatic N) is 1. The first-order valence-corrected chi connectivity index (χ1v) is 10.8. The number of nitrogens with one attached hydrogen (secondary N) is 2. The molecule has 1 aliphatic heterocycles. The fraction of sp³-hybridized carbons (Fsp3) is 0.304. The molecule has 1 aliphatic rings. The number of aromatic nitrogens is 1. The van der Waals surface area contributed by atoms with Crippen molar-refractivity contribution in [3.8, 4) is 11.5 Å². The largest absolute Gasteiger partial charge is 0.496 e. The van der Waals surface area contributed by atoms with E-state index in [-0.39, 0.29) is 5.91 Å². The summed E-state index contributed by atoms with van der Waals surface area (Å²) >= 11 is 1.57. The van der Waals surface area contributed by atoms with Gasteiger partial charge in [-0.3, -0.25) is 10.1 Å². The molecule has 1 atom stereocenters. The summed E-state index contributed by atoms with van der Waals surface area (Å²) < 4.78 is 10.8. The number of ether oxygens (including phenoxy) is 2. The Balaban J connectivity index is 1.46. The Morgan fingerprint density at radius 3 is 2.53 bits per heavy atom. The normalized spacial score (nSPS) is 15.4. The maximum absolute atomic E-state index is 12.8. The third kappa shape index (κ3) is 4.32. The quantitative estimate of drug-likeness (QED) is 0.639. The summed E-state index contributed by atoms with van der Waals surface area (Å²) in [6.07, 6.45) is 0.927. The van der Waals surface area contributed by atoms with Crippen molar-refractivity contribution in [1.82, 2.24) is 4.98 Å². The Morgan fingerprint density at radius 1 is 1.17 bits per heavy atom. The average Bonchev–Trinajstić information content (AvgIpc) is 3.16. The van der Waals surface area contributed by atoms with E-state index in [0.717, 1.165) is 37.3 Å². The summed E-state index contributed by atoms with van der Waals surface area (Å²) in [5.74, 6) is 1.03. The number of rotatable bonds is 6. The molecule has 6 nitrogen and oxygen atoms in total. The van der Waals surface area contributed by atoms with E-state index in [1.165, 1.54) is 15.3 Å². The van der Waals surface area contributed by atoms with Crippen LogP contribution >= 0.6 is 11.3 Å². The molecule has 2 aromatic carbocycles. The highest BCUT2D eigenvalue weighted by molar-refractivity contribution is 7.15. The second-order valence-corrected chi connectivity index (χ2v) is 8.52. The summed E-state index contributed by atoms with van der Waals surface area (Å²) in [5.41, 5.74) is 3.80. The lowest BCUT2D eigenvalue weighted by Gasteiger charge is -2.22. The van der Waals surface area contributed by atoms with Gasteiger partial charge in [0, 0.05) is 23.1 Å². The fourth-order valence-corrected chi connectivity index (χ4v) is 4.88. The van der Waals surface area contributed by atoms with Gasteiger partial charge in [0.05, 0.1) is 31.3 Å². The van der Waals surface area contributed by atoms with Crippen LogP contribution in [0.2, 0.25) is 0 Å². The number of amides is 1. The predicted molar refractivity (Wildman–Crippen MR) is 118 cm³/mol. The van der Waals surface area contributed by atoms with Gasteiger partial charge in [0.2, 0.25) is 0 Å². The Bertz CT molecular complexity index is 1020. The van der Waals surface area contributed by atoms with Crippen molar-refractivity contribution in [1.29, 1.82) is 0 Å². The molecule has 0 aliphatic carbocycles. The number of hydrogen-bond donors (Lipinski definition) is 2. The van der Waals surface area contributed by atoms with Gasteiger partial charge in [-0.1, -0.05) is 41.7 Å². The van der Waals surface area contributed by atoms with E-state index in [9.17, 15) is 4.79 Å². The predicted octanol–water partition coefficient (Wildman–Crippen LogP) is 2.86. The highest BCUT2D eigenvalue weighted by Crippen LogP contribution is 2.30. The van der Waals surface area contributed by atoms with Crippen LogP contribution in [0.1, 0.15) is 32.1 Å². The fourth-order valence-electron chi connectivity index (χ4n) is 3.80. The van der Waals surface area contributed by atoms with Gasteiger partial charge < -0.3 is 14.4 Å². The molecule has 1 aromatic heterocycles. The van der Waals surface area contributed by atoms with Crippen molar-refractivity contribution in [2.24, 2.45) is 0 Å². The highest BCUT2D eigenvalue weighted by Gasteiger charge is 2.24. The minimum absolute atomic E-state index is 0.216. The number of anilines is 1. The van der Waals surface area contributed by atoms with Gasteiger partial charge in [0.1, 0.15) is 24.6 Å². The zero-order valence-corrected chi connectivity index (χ0v) is 18.3. The average molecular weight is 425 g/mol. The van der Waals surface area contributed by atoms with Crippen LogP contribution in [0.15, 0.2) is 42.5 Å². The molecule has 1 unspecified atom stereocenters. The monoisotopic (exact) mass is 424 g/mol. The highest BCUT2D eigenvalue weighted by atomic mass is 32.1. The number of benzene rings is 2. The lowest BCUT2D eigenvalue weighted by molar-refractivity contribution is -0.929. The number of thiazole rings is 1. The third-order valence-corrected chi connectivity index (χ3v) is 6.45. The zero-order chi connectivity index (χ0) is 21.1. The van der Waals surface area contributed by atoms with E-state index < -0.39 is 0 Å². The van der Waals surface area contributed by atoms with Crippen LogP contribution < -0.4 is 19.7 Å². The lowest BCUT2D eigenvalue weighted by Crippen LogP contribution is -3.10. The van der Waals surface area contributed by atoms with Crippen LogP contribution in [0.4, 0.5) is 5.13 Å². The van der Waals surface area contributed by atoms with Crippen LogP contribution in [0, 0.1) is 6.92 Å². The third-order valence-electron chi connectivity index (χ3n) is 5.44. The van der Waals surface area contributed by atoms with Crippen molar-refractivity contribution in [3.05, 3.63) is 69.7 Å². The molecule has 156 valence electrons. The maximum atomic E-state index is 12.8. The standard InChI is InChI=1S/C23H25N3O3S/c1-15-19(28-2)11-17(12-20(15)29-3)22(27)25-23-24-18-9-10-26(14-21(18)30-23)13-16-7-5-4-6-8-16/h4-8,11-12H,9-10,13-14H2,1-3H3,(H,24,25,27)/p+1. The van der Waals surface area contributed by atoms with Crippen LogP contribution in [0.5, 0.6) is 11.5 Å². The maximum Gasteiger partial charge on any atom is 0.257 e. The van der Waals surface area contributed by atoms with Crippen molar-refractivity contribution in [2.75, 3.05) is 26.1 Å². The van der Waals surface area contributed by atoms with E-state index in [4.69, 9.17) is 9.47 Å². The molecule has 3 aromatic rings. The number of fused-ring (bicyclic) bond motifs is 1. The first kappa shape index (κ1) is 20.4. The molecule has 2 N–H and O–H groups in total. The minimum Gasteiger partial charge on any atom is -0.496 e. The van der Waals surface area contributed by atoms with Crippen LogP contribution in [0.25, 0.3) is 0 Å². The van der Waals surface area contributed by atoms with E-state index in [1.54, 1.807) is 37.7 Å².